The first kappa shape index (κ1) is 15.7. The van der Waals surface area contributed by atoms with Gasteiger partial charge >= 0.3 is 0 Å². The summed E-state index contributed by atoms with van der Waals surface area (Å²) in [6.07, 6.45) is 2.55. The first-order valence-electron chi connectivity index (χ1n) is 7.61. The molecule has 0 saturated heterocycles. The fraction of sp³-hybridized carbons (Fsp3) is 0.353. The fourth-order valence-electron chi connectivity index (χ4n) is 2.93. The first-order chi connectivity index (χ1) is 11.0. The van der Waals surface area contributed by atoms with Crippen LogP contribution in [0.1, 0.15) is 29.1 Å². The Morgan fingerprint density at radius 3 is 2.87 bits per heavy atom. The van der Waals surface area contributed by atoms with Gasteiger partial charge in [0, 0.05) is 16.3 Å². The molecule has 3 rings (SSSR count). The minimum atomic E-state index is -0.250. The Balaban J connectivity index is 1.82. The fourth-order valence-corrected chi connectivity index (χ4v) is 3.16. The zero-order valence-corrected chi connectivity index (χ0v) is 13.9. The number of anilines is 1. The summed E-state index contributed by atoms with van der Waals surface area (Å²) in [6.45, 7) is 3.60. The molecule has 0 atom stereocenters. The maximum atomic E-state index is 12.5. The maximum absolute atomic E-state index is 12.5. The molecule has 0 spiro atoms. The topological polar surface area (TPSA) is 64.0 Å². The van der Waals surface area contributed by atoms with Crippen molar-refractivity contribution in [3.05, 3.63) is 56.2 Å². The molecule has 2 aromatic rings. The molecule has 1 aliphatic carbocycles. The molecule has 1 amide bonds. The van der Waals surface area contributed by atoms with Gasteiger partial charge in [0.15, 0.2) is 0 Å². The van der Waals surface area contributed by atoms with Crippen molar-refractivity contribution >= 4 is 23.2 Å². The first-order valence-corrected chi connectivity index (χ1v) is 7.98. The molecule has 1 N–H and O–H groups in total. The molecule has 0 aliphatic heterocycles. The number of fused-ring (bicyclic) bond motifs is 1. The summed E-state index contributed by atoms with van der Waals surface area (Å²) in [5.41, 5.74) is 3.12. The van der Waals surface area contributed by atoms with Gasteiger partial charge in [-0.2, -0.15) is 0 Å². The largest absolute Gasteiger partial charge is 0.324 e. The van der Waals surface area contributed by atoms with Crippen molar-refractivity contribution in [3.8, 4) is 0 Å². The summed E-state index contributed by atoms with van der Waals surface area (Å²) >= 11 is 5.91. The second-order valence-corrected chi connectivity index (χ2v) is 6.27. The molecular formula is C17H18ClN3O2. The zero-order chi connectivity index (χ0) is 16.6. The number of carbonyl (C=O) groups is 1. The predicted molar refractivity (Wildman–Crippen MR) is 90.1 cm³/mol. The molecule has 120 valence electrons. The molecule has 1 aromatic carbocycles. The lowest BCUT2D eigenvalue weighted by molar-refractivity contribution is -0.116. The standard InChI is InChI=1S/C17H18ClN3O2/c1-10-8-12(18)6-7-14(10)20-16(22)9-21-11(2)19-15-5-3-4-13(15)17(21)23/h6-8H,3-5,9H2,1-2H3,(H,20,22). The third kappa shape index (κ3) is 3.15. The summed E-state index contributed by atoms with van der Waals surface area (Å²) in [5, 5.41) is 3.44. The van der Waals surface area contributed by atoms with Gasteiger partial charge in [0.1, 0.15) is 12.4 Å². The van der Waals surface area contributed by atoms with Crippen molar-refractivity contribution in [1.29, 1.82) is 0 Å². The van der Waals surface area contributed by atoms with E-state index in [1.807, 2.05) is 6.92 Å². The Kier molecular flexibility index (Phi) is 4.22. The minimum Gasteiger partial charge on any atom is -0.324 e. The lowest BCUT2D eigenvalue weighted by Crippen LogP contribution is -2.32. The maximum Gasteiger partial charge on any atom is 0.257 e. The monoisotopic (exact) mass is 331 g/mol. The van der Waals surface area contributed by atoms with Crippen LogP contribution in [-0.2, 0) is 24.2 Å². The van der Waals surface area contributed by atoms with Crippen molar-refractivity contribution in [2.45, 2.75) is 39.7 Å². The van der Waals surface area contributed by atoms with Crippen LogP contribution in [0.4, 0.5) is 5.69 Å². The number of rotatable bonds is 3. The van der Waals surface area contributed by atoms with Crippen LogP contribution in [0.25, 0.3) is 0 Å². The lowest BCUT2D eigenvalue weighted by atomic mass is 10.2. The Hall–Kier alpha value is -2.14. The van der Waals surface area contributed by atoms with Crippen molar-refractivity contribution in [2.75, 3.05) is 5.32 Å². The second kappa shape index (κ2) is 6.16. The number of halogens is 1. The van der Waals surface area contributed by atoms with Crippen molar-refractivity contribution in [2.24, 2.45) is 0 Å². The zero-order valence-electron chi connectivity index (χ0n) is 13.1. The van der Waals surface area contributed by atoms with Gasteiger partial charge in [-0.25, -0.2) is 4.98 Å². The van der Waals surface area contributed by atoms with Crippen LogP contribution < -0.4 is 10.9 Å². The Labute approximate surface area is 139 Å². The minimum absolute atomic E-state index is 0.0347. The number of benzene rings is 1. The van der Waals surface area contributed by atoms with E-state index >= 15 is 0 Å². The van der Waals surface area contributed by atoms with E-state index in [1.54, 1.807) is 25.1 Å². The third-order valence-electron chi connectivity index (χ3n) is 4.14. The van der Waals surface area contributed by atoms with Gasteiger partial charge in [-0.15, -0.1) is 0 Å². The van der Waals surface area contributed by atoms with Gasteiger partial charge in [-0.3, -0.25) is 14.2 Å². The van der Waals surface area contributed by atoms with Crippen molar-refractivity contribution in [3.63, 3.8) is 0 Å². The highest BCUT2D eigenvalue weighted by Crippen LogP contribution is 2.20. The summed E-state index contributed by atoms with van der Waals surface area (Å²) in [7, 11) is 0. The molecule has 6 heteroatoms. The number of hydrogen-bond donors (Lipinski definition) is 1. The molecule has 1 heterocycles. The number of nitrogens with zero attached hydrogens (tertiary/aromatic N) is 2. The van der Waals surface area contributed by atoms with E-state index in [9.17, 15) is 9.59 Å². The number of nitrogens with one attached hydrogen (secondary N) is 1. The summed E-state index contributed by atoms with van der Waals surface area (Å²) < 4.78 is 1.45. The summed E-state index contributed by atoms with van der Waals surface area (Å²) in [4.78, 5) is 29.3. The Morgan fingerprint density at radius 2 is 2.13 bits per heavy atom. The highest BCUT2D eigenvalue weighted by atomic mass is 35.5. The van der Waals surface area contributed by atoms with E-state index in [4.69, 9.17) is 11.6 Å². The molecule has 0 radical (unpaired) electrons. The van der Waals surface area contributed by atoms with E-state index in [1.165, 1.54) is 4.57 Å². The quantitative estimate of drug-likeness (QED) is 0.940. The van der Waals surface area contributed by atoms with E-state index in [2.05, 4.69) is 10.3 Å². The number of hydrogen-bond acceptors (Lipinski definition) is 3. The van der Waals surface area contributed by atoms with Crippen LogP contribution in [0.15, 0.2) is 23.0 Å². The number of aryl methyl sites for hydroxylation is 3. The number of amides is 1. The molecule has 0 bridgehead atoms. The lowest BCUT2D eigenvalue weighted by Gasteiger charge is -2.13. The highest BCUT2D eigenvalue weighted by Gasteiger charge is 2.20. The normalized spacial score (nSPS) is 13.0. The average Bonchev–Trinajstić information content (AvgIpc) is 2.95. The van der Waals surface area contributed by atoms with Crippen LogP contribution >= 0.6 is 11.6 Å². The molecule has 0 fully saturated rings. The van der Waals surface area contributed by atoms with Gasteiger partial charge in [-0.1, -0.05) is 11.6 Å². The molecule has 23 heavy (non-hydrogen) atoms. The van der Waals surface area contributed by atoms with Crippen LogP contribution in [0.3, 0.4) is 0 Å². The highest BCUT2D eigenvalue weighted by molar-refractivity contribution is 6.30. The predicted octanol–water partition coefficient (Wildman–Crippen LogP) is 2.64. The van der Waals surface area contributed by atoms with Gasteiger partial charge in [0.2, 0.25) is 5.91 Å². The van der Waals surface area contributed by atoms with Crippen molar-refractivity contribution in [1.82, 2.24) is 9.55 Å². The van der Waals surface area contributed by atoms with Gasteiger partial charge < -0.3 is 5.32 Å². The second-order valence-electron chi connectivity index (χ2n) is 5.84. The van der Waals surface area contributed by atoms with Gasteiger partial charge in [-0.05, 0) is 56.9 Å². The Morgan fingerprint density at radius 1 is 1.35 bits per heavy atom. The SMILES string of the molecule is Cc1cc(Cl)ccc1NC(=O)Cn1c(C)nc2c(c1=O)CCC2. The number of carbonyl (C=O) groups excluding carboxylic acids is 1. The van der Waals surface area contributed by atoms with E-state index in [-0.39, 0.29) is 18.0 Å². The third-order valence-corrected chi connectivity index (χ3v) is 4.38. The molecule has 1 aliphatic rings. The van der Waals surface area contributed by atoms with Crippen LogP contribution in [-0.4, -0.2) is 15.5 Å². The van der Waals surface area contributed by atoms with Crippen molar-refractivity contribution < 1.29 is 4.79 Å². The van der Waals surface area contributed by atoms with E-state index < -0.39 is 0 Å². The molecule has 5 nitrogen and oxygen atoms in total. The van der Waals surface area contributed by atoms with E-state index in [0.29, 0.717) is 16.5 Å². The van der Waals surface area contributed by atoms with Crippen LogP contribution in [0.5, 0.6) is 0 Å². The smallest absolute Gasteiger partial charge is 0.257 e. The molecule has 0 unspecified atom stereocenters. The molecule has 0 saturated carbocycles. The summed E-state index contributed by atoms with van der Waals surface area (Å²) in [5.74, 6) is 0.332. The van der Waals surface area contributed by atoms with E-state index in [0.717, 1.165) is 36.1 Å². The Bertz CT molecular complexity index is 842. The van der Waals surface area contributed by atoms with Gasteiger partial charge in [0.25, 0.3) is 5.56 Å². The van der Waals surface area contributed by atoms with Crippen LogP contribution in [0, 0.1) is 13.8 Å². The van der Waals surface area contributed by atoms with Crippen LogP contribution in [0.2, 0.25) is 5.02 Å². The average molecular weight is 332 g/mol. The number of aromatic nitrogens is 2. The molecule has 1 aromatic heterocycles. The molecular weight excluding hydrogens is 314 g/mol. The van der Waals surface area contributed by atoms with Gasteiger partial charge in [0.05, 0.1) is 5.69 Å². The summed E-state index contributed by atoms with van der Waals surface area (Å²) in [6, 6.07) is 5.26.